The van der Waals surface area contributed by atoms with Crippen molar-refractivity contribution < 1.29 is 9.47 Å². The van der Waals surface area contributed by atoms with Crippen molar-refractivity contribution in [3.8, 4) is 5.88 Å². The van der Waals surface area contributed by atoms with E-state index in [1.807, 2.05) is 19.9 Å². The van der Waals surface area contributed by atoms with E-state index in [4.69, 9.17) is 9.47 Å². The van der Waals surface area contributed by atoms with Crippen LogP contribution in [-0.4, -0.2) is 59.1 Å². The number of rotatable bonds is 4. The van der Waals surface area contributed by atoms with Gasteiger partial charge < -0.3 is 19.3 Å². The Hall–Kier alpha value is -3.00. The molecule has 2 aromatic heterocycles. The van der Waals surface area contributed by atoms with E-state index in [2.05, 4.69) is 48.2 Å². The first kappa shape index (κ1) is 19.0. The van der Waals surface area contributed by atoms with Crippen LogP contribution in [0.4, 0.5) is 11.5 Å². The third-order valence-corrected chi connectivity index (χ3v) is 5.59. The first-order chi connectivity index (χ1) is 14.7. The van der Waals surface area contributed by atoms with Gasteiger partial charge in [0.25, 0.3) is 0 Å². The van der Waals surface area contributed by atoms with E-state index in [-0.39, 0.29) is 6.10 Å². The molecule has 0 N–H and O–H groups in total. The van der Waals surface area contributed by atoms with Gasteiger partial charge in [0.1, 0.15) is 6.33 Å². The lowest BCUT2D eigenvalue weighted by Gasteiger charge is -2.37. The van der Waals surface area contributed by atoms with Crippen molar-refractivity contribution in [2.45, 2.75) is 33.0 Å². The Morgan fingerprint density at radius 1 is 1.00 bits per heavy atom. The standard InChI is InChI=1S/C22H26N6O2/c1-15(2)30-22-18-12-17(3-4-20(18)23-14-24-22)27-6-8-28(9-7-27)21-11-16-13-29-10-5-19(16)25-26-21/h3-4,11-12,14-15H,5-10,13H2,1-2H3. The largest absolute Gasteiger partial charge is 0.474 e. The van der Waals surface area contributed by atoms with Crippen molar-refractivity contribution >= 4 is 22.4 Å². The topological polar surface area (TPSA) is 76.5 Å². The Morgan fingerprint density at radius 3 is 2.67 bits per heavy atom. The van der Waals surface area contributed by atoms with E-state index in [0.29, 0.717) is 12.5 Å². The van der Waals surface area contributed by atoms with E-state index in [1.165, 1.54) is 5.56 Å². The summed E-state index contributed by atoms with van der Waals surface area (Å²) in [5, 5.41) is 9.84. The first-order valence-corrected chi connectivity index (χ1v) is 10.5. The maximum Gasteiger partial charge on any atom is 0.224 e. The van der Waals surface area contributed by atoms with Gasteiger partial charge in [-0.05, 0) is 38.1 Å². The van der Waals surface area contributed by atoms with Crippen LogP contribution in [0, 0.1) is 0 Å². The maximum atomic E-state index is 5.89. The second-order valence-corrected chi connectivity index (χ2v) is 8.00. The van der Waals surface area contributed by atoms with Crippen LogP contribution in [0.15, 0.2) is 30.6 Å². The van der Waals surface area contributed by atoms with Gasteiger partial charge in [0.15, 0.2) is 5.82 Å². The van der Waals surface area contributed by atoms with Gasteiger partial charge in [-0.1, -0.05) is 0 Å². The molecule has 0 amide bonds. The van der Waals surface area contributed by atoms with Crippen molar-refractivity contribution in [1.29, 1.82) is 0 Å². The smallest absolute Gasteiger partial charge is 0.224 e. The van der Waals surface area contributed by atoms with Gasteiger partial charge in [0, 0.05) is 43.9 Å². The van der Waals surface area contributed by atoms with Crippen molar-refractivity contribution in [2.24, 2.45) is 0 Å². The van der Waals surface area contributed by atoms with Crippen LogP contribution < -0.4 is 14.5 Å². The molecule has 156 valence electrons. The summed E-state index contributed by atoms with van der Waals surface area (Å²) in [4.78, 5) is 13.4. The van der Waals surface area contributed by atoms with Gasteiger partial charge in [-0.2, -0.15) is 5.10 Å². The zero-order chi connectivity index (χ0) is 20.5. The highest BCUT2D eigenvalue weighted by atomic mass is 16.5. The summed E-state index contributed by atoms with van der Waals surface area (Å²) in [6.07, 6.45) is 2.48. The van der Waals surface area contributed by atoms with Gasteiger partial charge in [0.05, 0.1) is 35.9 Å². The summed E-state index contributed by atoms with van der Waals surface area (Å²) < 4.78 is 11.5. The molecule has 5 rings (SSSR count). The van der Waals surface area contributed by atoms with Gasteiger partial charge in [-0.15, -0.1) is 5.10 Å². The van der Waals surface area contributed by atoms with E-state index in [9.17, 15) is 0 Å². The molecular weight excluding hydrogens is 380 g/mol. The lowest BCUT2D eigenvalue weighted by molar-refractivity contribution is 0.109. The fraction of sp³-hybridized carbons (Fsp3) is 0.455. The predicted octanol–water partition coefficient (Wildman–Crippen LogP) is 2.61. The molecule has 0 atom stereocenters. The molecular formula is C22H26N6O2. The average molecular weight is 406 g/mol. The van der Waals surface area contributed by atoms with Crippen molar-refractivity contribution in [3.05, 3.63) is 41.9 Å². The summed E-state index contributed by atoms with van der Waals surface area (Å²) in [5.41, 5.74) is 4.30. The first-order valence-electron chi connectivity index (χ1n) is 10.5. The molecule has 4 heterocycles. The fourth-order valence-corrected chi connectivity index (χ4v) is 4.01. The minimum absolute atomic E-state index is 0.0680. The number of piperazine rings is 1. The van der Waals surface area contributed by atoms with Crippen LogP contribution in [0.3, 0.4) is 0 Å². The summed E-state index contributed by atoms with van der Waals surface area (Å²) in [7, 11) is 0. The normalized spacial score (nSPS) is 16.8. The number of hydrogen-bond acceptors (Lipinski definition) is 8. The Bertz CT molecular complexity index is 1050. The lowest BCUT2D eigenvalue weighted by Crippen LogP contribution is -2.47. The highest BCUT2D eigenvalue weighted by Crippen LogP contribution is 2.28. The highest BCUT2D eigenvalue weighted by molar-refractivity contribution is 5.86. The van der Waals surface area contributed by atoms with Gasteiger partial charge in [-0.3, -0.25) is 0 Å². The molecule has 2 aliphatic rings. The predicted molar refractivity (Wildman–Crippen MR) is 115 cm³/mol. The summed E-state index contributed by atoms with van der Waals surface area (Å²) in [6, 6.07) is 8.44. The van der Waals surface area contributed by atoms with Crippen LogP contribution in [0.2, 0.25) is 0 Å². The molecule has 0 spiro atoms. The number of benzene rings is 1. The SMILES string of the molecule is CC(C)Oc1ncnc2ccc(N3CCN(c4cc5c(nn4)CCOC5)CC3)cc12. The molecule has 0 radical (unpaired) electrons. The second-order valence-electron chi connectivity index (χ2n) is 8.00. The summed E-state index contributed by atoms with van der Waals surface area (Å²) in [5.74, 6) is 1.58. The van der Waals surface area contributed by atoms with Crippen LogP contribution >= 0.6 is 0 Å². The average Bonchev–Trinajstić information content (AvgIpc) is 2.78. The molecule has 0 saturated carbocycles. The van der Waals surface area contributed by atoms with Crippen LogP contribution in [0.25, 0.3) is 10.9 Å². The Balaban J connectivity index is 1.32. The number of fused-ring (bicyclic) bond motifs is 2. The number of ether oxygens (including phenoxy) is 2. The van der Waals surface area contributed by atoms with E-state index in [1.54, 1.807) is 6.33 Å². The molecule has 8 nitrogen and oxygen atoms in total. The molecule has 0 aliphatic carbocycles. The number of anilines is 2. The second kappa shape index (κ2) is 8.02. The van der Waals surface area contributed by atoms with E-state index < -0.39 is 0 Å². The fourth-order valence-electron chi connectivity index (χ4n) is 4.01. The monoisotopic (exact) mass is 406 g/mol. The Kier molecular flexibility index (Phi) is 5.08. The zero-order valence-electron chi connectivity index (χ0n) is 17.4. The van der Waals surface area contributed by atoms with Crippen LogP contribution in [0.5, 0.6) is 5.88 Å². The number of aromatic nitrogens is 4. The minimum atomic E-state index is 0.0680. The molecule has 1 saturated heterocycles. The maximum absolute atomic E-state index is 5.89. The van der Waals surface area contributed by atoms with Gasteiger partial charge >= 0.3 is 0 Å². The molecule has 1 fully saturated rings. The lowest BCUT2D eigenvalue weighted by atomic mass is 10.1. The molecule has 2 aliphatic heterocycles. The number of hydrogen-bond donors (Lipinski definition) is 0. The molecule has 1 aromatic carbocycles. The van der Waals surface area contributed by atoms with Gasteiger partial charge in [-0.25, -0.2) is 9.97 Å². The number of nitrogens with zero attached hydrogens (tertiary/aromatic N) is 6. The van der Waals surface area contributed by atoms with Crippen molar-refractivity contribution in [3.63, 3.8) is 0 Å². The molecule has 3 aromatic rings. The van der Waals surface area contributed by atoms with Crippen molar-refractivity contribution in [2.75, 3.05) is 42.6 Å². The van der Waals surface area contributed by atoms with E-state index in [0.717, 1.165) is 67.3 Å². The quantitative estimate of drug-likeness (QED) is 0.654. The van der Waals surface area contributed by atoms with Crippen LogP contribution in [0.1, 0.15) is 25.1 Å². The highest BCUT2D eigenvalue weighted by Gasteiger charge is 2.21. The zero-order valence-corrected chi connectivity index (χ0v) is 17.4. The minimum Gasteiger partial charge on any atom is -0.474 e. The van der Waals surface area contributed by atoms with Crippen LogP contribution in [-0.2, 0) is 17.8 Å². The third kappa shape index (κ3) is 3.75. The van der Waals surface area contributed by atoms with E-state index >= 15 is 0 Å². The van der Waals surface area contributed by atoms with Crippen molar-refractivity contribution in [1.82, 2.24) is 20.2 Å². The Morgan fingerprint density at radius 2 is 1.83 bits per heavy atom. The summed E-state index contributed by atoms with van der Waals surface area (Å²) >= 11 is 0. The van der Waals surface area contributed by atoms with Gasteiger partial charge in [0.2, 0.25) is 5.88 Å². The molecule has 0 bridgehead atoms. The molecule has 8 heteroatoms. The molecule has 0 unspecified atom stereocenters. The molecule has 30 heavy (non-hydrogen) atoms. The summed E-state index contributed by atoms with van der Waals surface area (Å²) in [6.45, 7) is 9.00. The third-order valence-electron chi connectivity index (χ3n) is 5.59. The Labute approximate surface area is 175 Å².